The van der Waals surface area contributed by atoms with Crippen LogP contribution in [-0.4, -0.2) is 17.6 Å². The molecule has 112 valence electrons. The summed E-state index contributed by atoms with van der Waals surface area (Å²) < 4.78 is 11.6. The number of hydrogen-bond donors (Lipinski definition) is 2. The van der Waals surface area contributed by atoms with Crippen molar-refractivity contribution in [3.05, 3.63) is 30.0 Å². The summed E-state index contributed by atoms with van der Waals surface area (Å²) in [5, 5.41) is 12.8. The average molecular weight is 288 g/mol. The van der Waals surface area contributed by atoms with E-state index in [2.05, 4.69) is 5.16 Å². The van der Waals surface area contributed by atoms with E-state index in [4.69, 9.17) is 20.1 Å². The third kappa shape index (κ3) is 2.82. The molecule has 5 heteroatoms. The largest absolute Gasteiger partial charge is 0.488 e. The molecular formula is C16H20N2O3. The highest BCUT2D eigenvalue weighted by Gasteiger charge is 2.21. The SMILES string of the molecule is N/C(=N/O)c1oc2ccccc2c1OCC1CCCCC1. The molecule has 0 radical (unpaired) electrons. The van der Waals surface area contributed by atoms with Crippen LogP contribution in [0.15, 0.2) is 33.8 Å². The lowest BCUT2D eigenvalue weighted by Crippen LogP contribution is -2.18. The van der Waals surface area contributed by atoms with Gasteiger partial charge < -0.3 is 20.1 Å². The fourth-order valence-electron chi connectivity index (χ4n) is 2.93. The van der Waals surface area contributed by atoms with Gasteiger partial charge in [-0.25, -0.2) is 0 Å². The summed E-state index contributed by atoms with van der Waals surface area (Å²) in [5.41, 5.74) is 6.37. The molecule has 1 aliphatic carbocycles. The maximum Gasteiger partial charge on any atom is 0.215 e. The molecule has 1 fully saturated rings. The van der Waals surface area contributed by atoms with E-state index in [1.165, 1.54) is 32.1 Å². The Bertz CT molecular complexity index is 642. The molecule has 0 spiro atoms. The Morgan fingerprint density at radius 3 is 2.81 bits per heavy atom. The van der Waals surface area contributed by atoms with Crippen molar-refractivity contribution in [2.45, 2.75) is 32.1 Å². The molecule has 1 saturated carbocycles. The molecule has 0 bridgehead atoms. The van der Waals surface area contributed by atoms with E-state index < -0.39 is 0 Å². The van der Waals surface area contributed by atoms with Crippen LogP contribution in [0.1, 0.15) is 37.9 Å². The fourth-order valence-corrected chi connectivity index (χ4v) is 2.93. The second kappa shape index (κ2) is 6.08. The molecule has 1 heterocycles. The Labute approximate surface area is 123 Å². The zero-order valence-corrected chi connectivity index (χ0v) is 11.9. The summed E-state index contributed by atoms with van der Waals surface area (Å²) in [7, 11) is 0. The summed E-state index contributed by atoms with van der Waals surface area (Å²) in [6.45, 7) is 0.648. The van der Waals surface area contributed by atoms with Crippen molar-refractivity contribution >= 4 is 16.8 Å². The van der Waals surface area contributed by atoms with E-state index in [-0.39, 0.29) is 5.84 Å². The van der Waals surface area contributed by atoms with Gasteiger partial charge in [0.2, 0.25) is 11.6 Å². The lowest BCUT2D eigenvalue weighted by molar-refractivity contribution is 0.208. The fraction of sp³-hybridized carbons (Fsp3) is 0.438. The van der Waals surface area contributed by atoms with Crippen LogP contribution in [0.3, 0.4) is 0 Å². The second-order valence-electron chi connectivity index (χ2n) is 5.56. The third-order valence-corrected chi connectivity index (χ3v) is 4.08. The molecule has 0 atom stereocenters. The highest BCUT2D eigenvalue weighted by Crippen LogP contribution is 2.34. The van der Waals surface area contributed by atoms with Gasteiger partial charge >= 0.3 is 0 Å². The van der Waals surface area contributed by atoms with Crippen LogP contribution >= 0.6 is 0 Å². The summed E-state index contributed by atoms with van der Waals surface area (Å²) in [5.74, 6) is 1.39. The molecule has 0 amide bonds. The molecule has 0 unspecified atom stereocenters. The Hall–Kier alpha value is -2.17. The predicted octanol–water partition coefficient (Wildman–Crippen LogP) is 3.49. The van der Waals surface area contributed by atoms with Gasteiger partial charge in [-0.1, -0.05) is 36.6 Å². The maximum atomic E-state index is 8.90. The topological polar surface area (TPSA) is 81.0 Å². The van der Waals surface area contributed by atoms with Gasteiger partial charge in [0.15, 0.2) is 5.75 Å². The Kier molecular flexibility index (Phi) is 3.99. The molecular weight excluding hydrogens is 268 g/mol. The van der Waals surface area contributed by atoms with E-state index >= 15 is 0 Å². The molecule has 1 aromatic carbocycles. The van der Waals surface area contributed by atoms with Crippen molar-refractivity contribution in [1.29, 1.82) is 0 Å². The van der Waals surface area contributed by atoms with Gasteiger partial charge in [0, 0.05) is 0 Å². The lowest BCUT2D eigenvalue weighted by Gasteiger charge is -2.21. The Balaban J connectivity index is 1.87. The van der Waals surface area contributed by atoms with E-state index in [9.17, 15) is 0 Å². The molecule has 5 nitrogen and oxygen atoms in total. The van der Waals surface area contributed by atoms with Crippen molar-refractivity contribution in [2.75, 3.05) is 6.61 Å². The van der Waals surface area contributed by atoms with Crippen LogP contribution in [-0.2, 0) is 0 Å². The van der Waals surface area contributed by atoms with E-state index in [1.54, 1.807) is 0 Å². The number of furan rings is 1. The minimum Gasteiger partial charge on any atom is -0.488 e. The number of hydrogen-bond acceptors (Lipinski definition) is 4. The zero-order chi connectivity index (χ0) is 14.7. The second-order valence-corrected chi connectivity index (χ2v) is 5.56. The van der Waals surface area contributed by atoms with Crippen molar-refractivity contribution in [3.8, 4) is 5.75 Å². The minimum atomic E-state index is -0.0650. The summed E-state index contributed by atoms with van der Waals surface area (Å²) in [6, 6.07) is 7.56. The normalized spacial score (nSPS) is 17.2. The number of para-hydroxylation sites is 1. The molecule has 2 aromatic rings. The van der Waals surface area contributed by atoms with Crippen LogP contribution in [0.4, 0.5) is 0 Å². The monoisotopic (exact) mass is 288 g/mol. The standard InChI is InChI=1S/C16H20N2O3/c17-16(18-19)15-14(12-8-4-5-9-13(12)21-15)20-10-11-6-2-1-3-7-11/h4-5,8-9,11,19H,1-3,6-7,10H2,(H2,17,18). The van der Waals surface area contributed by atoms with Gasteiger partial charge in [-0.3, -0.25) is 0 Å². The van der Waals surface area contributed by atoms with Crippen molar-refractivity contribution in [1.82, 2.24) is 0 Å². The average Bonchev–Trinajstić information content (AvgIpc) is 2.92. The molecule has 1 aromatic heterocycles. The van der Waals surface area contributed by atoms with E-state index in [0.717, 1.165) is 5.39 Å². The van der Waals surface area contributed by atoms with Gasteiger partial charge in [-0.15, -0.1) is 0 Å². The Morgan fingerprint density at radius 2 is 2.05 bits per heavy atom. The number of benzene rings is 1. The van der Waals surface area contributed by atoms with Gasteiger partial charge in [-0.05, 0) is 30.9 Å². The predicted molar refractivity (Wildman–Crippen MR) is 80.8 cm³/mol. The van der Waals surface area contributed by atoms with Gasteiger partial charge in [-0.2, -0.15) is 0 Å². The first-order valence-electron chi connectivity index (χ1n) is 7.42. The van der Waals surface area contributed by atoms with Crippen LogP contribution in [0.25, 0.3) is 11.0 Å². The van der Waals surface area contributed by atoms with Crippen LogP contribution in [0, 0.1) is 5.92 Å². The first-order valence-corrected chi connectivity index (χ1v) is 7.42. The van der Waals surface area contributed by atoms with Crippen molar-refractivity contribution < 1.29 is 14.4 Å². The summed E-state index contributed by atoms with van der Waals surface area (Å²) in [6.07, 6.45) is 6.27. The van der Waals surface area contributed by atoms with Gasteiger partial charge in [0.05, 0.1) is 12.0 Å². The summed E-state index contributed by atoms with van der Waals surface area (Å²) in [4.78, 5) is 0. The number of nitrogens with zero attached hydrogens (tertiary/aromatic N) is 1. The molecule has 21 heavy (non-hydrogen) atoms. The highest BCUT2D eigenvalue weighted by atomic mass is 16.5. The number of rotatable bonds is 4. The third-order valence-electron chi connectivity index (χ3n) is 4.08. The quantitative estimate of drug-likeness (QED) is 0.390. The number of fused-ring (bicyclic) bond motifs is 1. The first kappa shape index (κ1) is 13.8. The lowest BCUT2D eigenvalue weighted by atomic mass is 9.90. The zero-order valence-electron chi connectivity index (χ0n) is 11.9. The van der Waals surface area contributed by atoms with Crippen LogP contribution in [0.5, 0.6) is 5.75 Å². The number of ether oxygens (including phenoxy) is 1. The Morgan fingerprint density at radius 1 is 1.29 bits per heavy atom. The van der Waals surface area contributed by atoms with Crippen LogP contribution < -0.4 is 10.5 Å². The molecule has 3 N–H and O–H groups in total. The molecule has 1 aliphatic rings. The molecule has 3 rings (SSSR count). The van der Waals surface area contributed by atoms with Crippen molar-refractivity contribution in [3.63, 3.8) is 0 Å². The maximum absolute atomic E-state index is 8.90. The molecule has 0 saturated heterocycles. The summed E-state index contributed by atoms with van der Waals surface area (Å²) >= 11 is 0. The van der Waals surface area contributed by atoms with Gasteiger partial charge in [0.25, 0.3) is 0 Å². The van der Waals surface area contributed by atoms with Crippen LogP contribution in [0.2, 0.25) is 0 Å². The number of amidine groups is 1. The number of nitrogens with two attached hydrogens (primary N) is 1. The van der Waals surface area contributed by atoms with E-state index in [1.807, 2.05) is 24.3 Å². The highest BCUT2D eigenvalue weighted by molar-refractivity contribution is 6.03. The molecule has 0 aliphatic heterocycles. The smallest absolute Gasteiger partial charge is 0.215 e. The number of oxime groups is 1. The minimum absolute atomic E-state index is 0.0650. The van der Waals surface area contributed by atoms with Gasteiger partial charge in [0.1, 0.15) is 5.58 Å². The van der Waals surface area contributed by atoms with Crippen molar-refractivity contribution in [2.24, 2.45) is 16.8 Å². The van der Waals surface area contributed by atoms with E-state index in [0.29, 0.717) is 29.6 Å². The first-order chi connectivity index (χ1) is 10.3.